The molecule has 0 bridgehead atoms. The van der Waals surface area contributed by atoms with Gasteiger partial charge >= 0.3 is 0 Å². The van der Waals surface area contributed by atoms with Gasteiger partial charge in [-0.2, -0.15) is 5.26 Å². The zero-order chi connectivity index (χ0) is 4.71. The van der Waals surface area contributed by atoms with E-state index in [1.807, 2.05) is 0 Å². The van der Waals surface area contributed by atoms with Crippen molar-refractivity contribution >= 4 is 12.6 Å². The maximum atomic E-state index is 7.18. The van der Waals surface area contributed by atoms with E-state index in [2.05, 4.69) is 12.6 Å². The second-order valence-electron chi connectivity index (χ2n) is 0.100. The van der Waals surface area contributed by atoms with Gasteiger partial charge in [-0.15, -0.1) is 0 Å². The van der Waals surface area contributed by atoms with Crippen molar-refractivity contribution in [1.29, 1.82) is 5.26 Å². The van der Waals surface area contributed by atoms with Gasteiger partial charge in [0.1, 0.15) is 5.40 Å². The average Bonchev–Trinajstić information content (AvgIpc) is 1.46. The van der Waals surface area contributed by atoms with E-state index in [4.69, 9.17) is 10.4 Å². The smallest absolute Gasteiger partial charge is 0.130 e. The van der Waals surface area contributed by atoms with E-state index in [0.29, 0.717) is 0 Å². The van der Waals surface area contributed by atoms with Crippen molar-refractivity contribution in [2.24, 2.45) is 0 Å². The summed E-state index contributed by atoms with van der Waals surface area (Å²) >= 11 is 3.09. The van der Waals surface area contributed by atoms with Crippen molar-refractivity contribution in [2.45, 2.75) is 0 Å². The first-order valence-corrected chi connectivity index (χ1v) is 1.34. The predicted molar refractivity (Wildman–Crippen MR) is 22.7 cm³/mol. The Labute approximate surface area is 63.1 Å². The molecule has 0 aromatic heterocycles. The maximum Gasteiger partial charge on any atom is 0.130 e. The van der Waals surface area contributed by atoms with E-state index < -0.39 is 0 Å². The van der Waals surface area contributed by atoms with Gasteiger partial charge in [0.25, 0.3) is 0 Å². The van der Waals surface area contributed by atoms with Crippen LogP contribution in [0, 0.1) is 10.7 Å². The fourth-order valence-electron chi connectivity index (χ4n) is 0. The first-order chi connectivity index (χ1) is 2.41. The van der Waals surface area contributed by atoms with Crippen LogP contribution < -0.4 is 0 Å². The SMILES string of the molecule is CO.N#CS.[Hg]. The molecule has 0 fully saturated rings. The van der Waals surface area contributed by atoms with E-state index in [0.717, 1.165) is 7.11 Å². The molecule has 0 unspecified atom stereocenters. The minimum atomic E-state index is 0. The molecule has 32 valence electrons. The van der Waals surface area contributed by atoms with Crippen LogP contribution in [0.3, 0.4) is 0 Å². The largest absolute Gasteiger partial charge is 0.400 e. The minimum Gasteiger partial charge on any atom is -0.400 e. The average molecular weight is 292 g/mol. The second kappa shape index (κ2) is 42.7. The number of aliphatic hydroxyl groups is 1. The van der Waals surface area contributed by atoms with Crippen molar-refractivity contribution in [3.8, 4) is 5.40 Å². The summed E-state index contributed by atoms with van der Waals surface area (Å²) in [6.07, 6.45) is 0. The number of thiol groups is 1. The van der Waals surface area contributed by atoms with Gasteiger partial charge in [0.15, 0.2) is 0 Å². The fourth-order valence-corrected chi connectivity index (χ4v) is 0. The molecule has 0 atom stereocenters. The Hall–Kier alpha value is 0.735. The van der Waals surface area contributed by atoms with E-state index in [1.165, 1.54) is 5.40 Å². The molecule has 0 amide bonds. The van der Waals surface area contributed by atoms with Crippen LogP contribution in [0.2, 0.25) is 0 Å². The van der Waals surface area contributed by atoms with Gasteiger partial charge in [0, 0.05) is 34.8 Å². The van der Waals surface area contributed by atoms with Crippen LogP contribution in [0.1, 0.15) is 0 Å². The predicted octanol–water partition coefficient (Wildman–Crippen LogP) is 0.00328. The van der Waals surface area contributed by atoms with Crippen molar-refractivity contribution < 1.29 is 32.8 Å². The third kappa shape index (κ3) is 122. The molecule has 0 aromatic rings. The van der Waals surface area contributed by atoms with Gasteiger partial charge in [0.2, 0.25) is 0 Å². The summed E-state index contributed by atoms with van der Waals surface area (Å²) in [7, 11) is 1.00. The number of hydrogen-bond acceptors (Lipinski definition) is 3. The summed E-state index contributed by atoms with van der Waals surface area (Å²) < 4.78 is 0. The molecular formula is C2H5HgNOS. The van der Waals surface area contributed by atoms with Crippen LogP contribution in [0.5, 0.6) is 0 Å². The van der Waals surface area contributed by atoms with Crippen molar-refractivity contribution in [3.05, 3.63) is 0 Å². The van der Waals surface area contributed by atoms with Crippen LogP contribution in [0.4, 0.5) is 0 Å². The van der Waals surface area contributed by atoms with E-state index in [1.54, 1.807) is 0 Å². The van der Waals surface area contributed by atoms with Crippen molar-refractivity contribution in [3.63, 3.8) is 0 Å². The van der Waals surface area contributed by atoms with Gasteiger partial charge in [0.05, 0.1) is 0 Å². The Kier molecular flexibility index (Phi) is 113. The molecule has 0 aliphatic carbocycles. The van der Waals surface area contributed by atoms with Crippen LogP contribution in [0.25, 0.3) is 0 Å². The van der Waals surface area contributed by atoms with E-state index in [-0.39, 0.29) is 27.7 Å². The summed E-state index contributed by atoms with van der Waals surface area (Å²) in [5.74, 6) is 0. The van der Waals surface area contributed by atoms with Crippen LogP contribution in [-0.4, -0.2) is 12.2 Å². The zero-order valence-electron chi connectivity index (χ0n) is 3.55. The third-order valence-electron chi connectivity index (χ3n) is 0. The van der Waals surface area contributed by atoms with E-state index in [9.17, 15) is 0 Å². The standard InChI is InChI=1S/CHNS.CH4O.Hg/c2-1-3;1-2;/h3H;2H,1H3;. The van der Waals surface area contributed by atoms with Crippen LogP contribution in [-0.2, 0) is 27.7 Å². The number of hydrogen-bond donors (Lipinski definition) is 2. The Morgan fingerprint density at radius 2 is 1.67 bits per heavy atom. The summed E-state index contributed by atoms with van der Waals surface area (Å²) in [6, 6.07) is 0. The Morgan fingerprint density at radius 1 is 1.67 bits per heavy atom. The maximum absolute atomic E-state index is 7.18. The molecule has 6 heavy (non-hydrogen) atoms. The summed E-state index contributed by atoms with van der Waals surface area (Å²) in [5.41, 5.74) is 0. The number of aliphatic hydroxyl groups excluding tert-OH is 1. The van der Waals surface area contributed by atoms with Crippen molar-refractivity contribution in [1.82, 2.24) is 0 Å². The van der Waals surface area contributed by atoms with Gasteiger partial charge in [-0.1, -0.05) is 12.6 Å². The Balaban J connectivity index is -0.0000000275. The molecule has 0 saturated carbocycles. The number of nitrogens with zero attached hydrogens (tertiary/aromatic N) is 1. The van der Waals surface area contributed by atoms with Gasteiger partial charge in [-0.05, 0) is 0 Å². The molecule has 2 nitrogen and oxygen atoms in total. The number of rotatable bonds is 0. The summed E-state index contributed by atoms with van der Waals surface area (Å²) in [4.78, 5) is 0. The van der Waals surface area contributed by atoms with Crippen molar-refractivity contribution in [2.75, 3.05) is 7.11 Å². The molecule has 0 heterocycles. The summed E-state index contributed by atoms with van der Waals surface area (Å²) in [5, 5.41) is 15.6. The molecular weight excluding hydrogens is 287 g/mol. The number of nitriles is 1. The molecule has 0 radical (unpaired) electrons. The quantitative estimate of drug-likeness (QED) is 0.375. The molecule has 0 aromatic carbocycles. The van der Waals surface area contributed by atoms with Gasteiger partial charge in [-0.25, -0.2) is 0 Å². The number of thiocyanates is 1. The Bertz CT molecular complexity index is 35.0. The normalized spacial score (nSPS) is 2.33. The van der Waals surface area contributed by atoms with E-state index >= 15 is 0 Å². The van der Waals surface area contributed by atoms with Gasteiger partial charge < -0.3 is 5.11 Å². The fraction of sp³-hybridized carbons (Fsp3) is 0.500. The molecule has 0 aliphatic heterocycles. The molecule has 0 saturated heterocycles. The first-order valence-electron chi connectivity index (χ1n) is 0.894. The van der Waals surface area contributed by atoms with Crippen LogP contribution in [0.15, 0.2) is 0 Å². The monoisotopic (exact) mass is 293 g/mol. The summed E-state index contributed by atoms with van der Waals surface area (Å²) in [6.45, 7) is 0. The molecule has 0 spiro atoms. The zero-order valence-corrected chi connectivity index (χ0v) is 9.94. The van der Waals surface area contributed by atoms with Crippen LogP contribution >= 0.6 is 12.6 Å². The topological polar surface area (TPSA) is 44.0 Å². The molecule has 0 rings (SSSR count). The molecule has 1 N–H and O–H groups in total. The second-order valence-corrected chi connectivity index (χ2v) is 0.300. The minimum absolute atomic E-state index is 0. The third-order valence-corrected chi connectivity index (χ3v) is 0. The molecule has 0 aliphatic rings. The molecule has 4 heteroatoms. The van der Waals surface area contributed by atoms with Gasteiger partial charge in [-0.3, -0.25) is 0 Å². The Morgan fingerprint density at radius 3 is 1.67 bits per heavy atom. The first kappa shape index (κ1) is 15.9.